The smallest absolute Gasteiger partial charge is 0.242 e. The van der Waals surface area contributed by atoms with Crippen molar-refractivity contribution < 1.29 is 4.79 Å². The highest BCUT2D eigenvalue weighted by Crippen LogP contribution is 2.35. The minimum absolute atomic E-state index is 0.256. The van der Waals surface area contributed by atoms with Gasteiger partial charge in [-0.3, -0.25) is 9.69 Å². The maximum absolute atomic E-state index is 13.0. The molecule has 0 N–H and O–H groups in total. The van der Waals surface area contributed by atoms with E-state index < -0.39 is 0 Å². The summed E-state index contributed by atoms with van der Waals surface area (Å²) in [5.74, 6) is 0.513. The summed E-state index contributed by atoms with van der Waals surface area (Å²) in [5, 5.41) is 4.59. The first kappa shape index (κ1) is 15.5. The Hall–Kier alpha value is -2.02. The first-order valence-corrected chi connectivity index (χ1v) is 8.65. The molecule has 2 fully saturated rings. The Morgan fingerprint density at radius 1 is 1.21 bits per heavy atom. The normalized spacial score (nSPS) is 25.9. The molecule has 0 spiro atoms. The summed E-state index contributed by atoms with van der Waals surface area (Å²) in [6, 6.07) is 0. The van der Waals surface area contributed by atoms with Gasteiger partial charge in [-0.2, -0.15) is 5.10 Å². The van der Waals surface area contributed by atoms with Gasteiger partial charge in [0.2, 0.25) is 5.91 Å². The molecule has 2 aromatic rings. The summed E-state index contributed by atoms with van der Waals surface area (Å²) in [4.78, 5) is 26.0. The number of hydrogen-bond acceptors (Lipinski definition) is 5. The summed E-state index contributed by atoms with van der Waals surface area (Å²) in [7, 11) is 3.95. The second kappa shape index (κ2) is 5.51. The predicted molar refractivity (Wildman–Crippen MR) is 90.5 cm³/mol. The van der Waals surface area contributed by atoms with Crippen LogP contribution in [0.3, 0.4) is 0 Å². The molecule has 4 rings (SSSR count). The van der Waals surface area contributed by atoms with Gasteiger partial charge in [-0.1, -0.05) is 0 Å². The van der Waals surface area contributed by atoms with Crippen LogP contribution in [0.2, 0.25) is 0 Å². The third kappa shape index (κ3) is 2.22. The van der Waals surface area contributed by atoms with E-state index in [4.69, 9.17) is 0 Å². The molecule has 2 saturated heterocycles. The van der Waals surface area contributed by atoms with Crippen LogP contribution in [0.1, 0.15) is 37.8 Å². The summed E-state index contributed by atoms with van der Waals surface area (Å²) in [5.41, 5.74) is 2.27. The maximum atomic E-state index is 13.0. The van der Waals surface area contributed by atoms with Crippen LogP contribution in [-0.4, -0.2) is 67.7 Å². The highest BCUT2D eigenvalue weighted by atomic mass is 16.2. The predicted octanol–water partition coefficient (Wildman–Crippen LogP) is 1.16. The van der Waals surface area contributed by atoms with Gasteiger partial charge in [-0.05, 0) is 39.8 Å². The molecule has 1 atom stereocenters. The van der Waals surface area contributed by atoms with Crippen LogP contribution in [0.25, 0.3) is 11.2 Å². The molecule has 0 aromatic carbocycles. The summed E-state index contributed by atoms with van der Waals surface area (Å²) >= 11 is 0. The number of rotatable bonds is 2. The SMILES string of the molecule is CN1CCCC[C@@]1(C)C(=O)N1CC(c2nn(C)c3nccnc23)C1. The topological polar surface area (TPSA) is 67.2 Å². The Balaban J connectivity index is 1.51. The van der Waals surface area contributed by atoms with E-state index in [0.717, 1.165) is 49.3 Å². The zero-order chi connectivity index (χ0) is 16.9. The number of likely N-dealkylation sites (tertiary alicyclic amines) is 2. The molecule has 0 radical (unpaired) electrons. The molecular formula is C17H24N6O. The zero-order valence-electron chi connectivity index (χ0n) is 14.6. The molecule has 0 aliphatic carbocycles. The second-order valence-corrected chi connectivity index (χ2v) is 7.30. The van der Waals surface area contributed by atoms with Gasteiger partial charge in [0.15, 0.2) is 5.65 Å². The van der Waals surface area contributed by atoms with Gasteiger partial charge in [0.05, 0.1) is 11.2 Å². The molecule has 2 aliphatic heterocycles. The standard InChI is InChI=1S/C17H24N6O/c1-17(6-4-5-9-21(17)2)16(24)23-10-12(11-23)13-14-15(22(3)20-13)19-8-7-18-14/h7-8,12H,4-6,9-11H2,1-3H3/t17-/m0/s1. The van der Waals surface area contributed by atoms with E-state index in [0.29, 0.717) is 0 Å². The number of hydrogen-bond donors (Lipinski definition) is 0. The Morgan fingerprint density at radius 3 is 2.71 bits per heavy atom. The second-order valence-electron chi connectivity index (χ2n) is 7.30. The molecule has 4 heterocycles. The van der Waals surface area contributed by atoms with Crippen LogP contribution in [0.15, 0.2) is 12.4 Å². The van der Waals surface area contributed by atoms with Crippen molar-refractivity contribution in [2.75, 3.05) is 26.7 Å². The van der Waals surface area contributed by atoms with Crippen molar-refractivity contribution in [3.63, 3.8) is 0 Å². The van der Waals surface area contributed by atoms with Gasteiger partial charge in [-0.25, -0.2) is 14.6 Å². The van der Waals surface area contributed by atoms with Crippen molar-refractivity contribution in [2.45, 2.75) is 37.6 Å². The quantitative estimate of drug-likeness (QED) is 0.828. The average Bonchev–Trinajstić information content (AvgIpc) is 2.86. The summed E-state index contributed by atoms with van der Waals surface area (Å²) in [6.07, 6.45) is 6.64. The molecule has 2 aromatic heterocycles. The Kier molecular flexibility index (Phi) is 3.56. The maximum Gasteiger partial charge on any atom is 0.242 e. The molecule has 0 unspecified atom stereocenters. The van der Waals surface area contributed by atoms with Crippen molar-refractivity contribution in [3.05, 3.63) is 18.1 Å². The molecular weight excluding hydrogens is 304 g/mol. The van der Waals surface area contributed by atoms with Crippen LogP contribution in [0, 0.1) is 0 Å². The van der Waals surface area contributed by atoms with Crippen molar-refractivity contribution in [3.8, 4) is 0 Å². The Bertz CT molecular complexity index is 780. The van der Waals surface area contributed by atoms with Gasteiger partial charge in [0.1, 0.15) is 5.52 Å². The monoisotopic (exact) mass is 328 g/mol. The van der Waals surface area contributed by atoms with Gasteiger partial charge in [-0.15, -0.1) is 0 Å². The summed E-state index contributed by atoms with van der Waals surface area (Å²) < 4.78 is 1.78. The zero-order valence-corrected chi connectivity index (χ0v) is 14.6. The van der Waals surface area contributed by atoms with Gasteiger partial charge < -0.3 is 4.90 Å². The third-order valence-corrected chi connectivity index (χ3v) is 5.75. The highest BCUT2D eigenvalue weighted by Gasteiger charge is 2.46. The van der Waals surface area contributed by atoms with Crippen LogP contribution < -0.4 is 0 Å². The largest absolute Gasteiger partial charge is 0.340 e. The summed E-state index contributed by atoms with van der Waals surface area (Å²) in [6.45, 7) is 4.54. The number of carbonyl (C=O) groups is 1. The number of aromatic nitrogens is 4. The first-order chi connectivity index (χ1) is 11.5. The highest BCUT2D eigenvalue weighted by molar-refractivity contribution is 5.87. The number of aryl methyl sites for hydroxylation is 1. The third-order valence-electron chi connectivity index (χ3n) is 5.75. The molecule has 2 aliphatic rings. The Labute approximate surface area is 141 Å². The fourth-order valence-electron chi connectivity index (χ4n) is 3.96. The lowest BCUT2D eigenvalue weighted by Gasteiger charge is -2.48. The van der Waals surface area contributed by atoms with Crippen LogP contribution >= 0.6 is 0 Å². The lowest BCUT2D eigenvalue weighted by atomic mass is 9.85. The van der Waals surface area contributed by atoms with Crippen LogP contribution in [0.4, 0.5) is 0 Å². The van der Waals surface area contributed by atoms with Gasteiger partial charge in [0, 0.05) is 38.4 Å². The minimum Gasteiger partial charge on any atom is -0.340 e. The number of likely N-dealkylation sites (N-methyl/N-ethyl adjacent to an activating group) is 1. The number of fused-ring (bicyclic) bond motifs is 1. The molecule has 1 amide bonds. The molecule has 7 nitrogen and oxygen atoms in total. The van der Waals surface area contributed by atoms with E-state index in [1.165, 1.54) is 6.42 Å². The van der Waals surface area contributed by atoms with Crippen LogP contribution in [0.5, 0.6) is 0 Å². The molecule has 128 valence electrons. The fraction of sp³-hybridized carbons (Fsp3) is 0.647. The van der Waals surface area contributed by atoms with E-state index >= 15 is 0 Å². The lowest BCUT2D eigenvalue weighted by molar-refractivity contribution is -0.149. The number of piperidine rings is 1. The molecule has 24 heavy (non-hydrogen) atoms. The van der Waals surface area contributed by atoms with Crippen LogP contribution in [-0.2, 0) is 11.8 Å². The number of carbonyl (C=O) groups excluding carboxylic acids is 1. The van der Waals surface area contributed by atoms with E-state index in [1.807, 2.05) is 11.9 Å². The molecule has 0 bridgehead atoms. The van der Waals surface area contributed by atoms with Crippen molar-refractivity contribution in [1.82, 2.24) is 29.5 Å². The first-order valence-electron chi connectivity index (χ1n) is 8.65. The minimum atomic E-state index is -0.352. The molecule has 0 saturated carbocycles. The average molecular weight is 328 g/mol. The van der Waals surface area contributed by atoms with Gasteiger partial charge >= 0.3 is 0 Å². The molecule has 7 heteroatoms. The number of amides is 1. The van der Waals surface area contributed by atoms with E-state index in [-0.39, 0.29) is 17.4 Å². The van der Waals surface area contributed by atoms with Crippen molar-refractivity contribution in [1.29, 1.82) is 0 Å². The van der Waals surface area contributed by atoms with Crippen molar-refractivity contribution >= 4 is 17.1 Å². The van der Waals surface area contributed by atoms with Crippen molar-refractivity contribution in [2.24, 2.45) is 7.05 Å². The van der Waals surface area contributed by atoms with E-state index in [1.54, 1.807) is 17.1 Å². The number of nitrogens with zero attached hydrogens (tertiary/aromatic N) is 6. The van der Waals surface area contributed by atoms with Gasteiger partial charge in [0.25, 0.3) is 0 Å². The van der Waals surface area contributed by atoms with E-state index in [2.05, 4.69) is 33.9 Å². The lowest BCUT2D eigenvalue weighted by Crippen LogP contribution is -2.62. The Morgan fingerprint density at radius 2 is 1.96 bits per heavy atom. The fourth-order valence-corrected chi connectivity index (χ4v) is 3.96. The van der Waals surface area contributed by atoms with E-state index in [9.17, 15) is 4.79 Å².